The Kier molecular flexibility index (Phi) is 4.18. The maximum Gasteiger partial charge on any atom is 0.328 e. The summed E-state index contributed by atoms with van der Waals surface area (Å²) in [5, 5.41) is 0. The summed E-state index contributed by atoms with van der Waals surface area (Å²) in [5.41, 5.74) is 0. The van der Waals surface area contributed by atoms with Crippen molar-refractivity contribution >= 4 is 23.2 Å². The van der Waals surface area contributed by atoms with Crippen molar-refractivity contribution in [1.29, 1.82) is 0 Å². The van der Waals surface area contributed by atoms with Crippen molar-refractivity contribution in [2.24, 2.45) is 0 Å². The van der Waals surface area contributed by atoms with Gasteiger partial charge in [-0.2, -0.15) is 9.78 Å². The minimum absolute atomic E-state index is 0.0205. The van der Waals surface area contributed by atoms with Crippen molar-refractivity contribution in [3.8, 4) is 0 Å². The van der Waals surface area contributed by atoms with Gasteiger partial charge in [0.1, 0.15) is 5.88 Å². The molecule has 0 radical (unpaired) electrons. The lowest BCUT2D eigenvalue weighted by molar-refractivity contribution is -0.404. The molecular formula is C8H12Cl2O4. The van der Waals surface area contributed by atoms with Crippen LogP contribution in [0, 0.1) is 0 Å². The van der Waals surface area contributed by atoms with Crippen LogP contribution in [0.15, 0.2) is 12.7 Å². The van der Waals surface area contributed by atoms with E-state index in [2.05, 4.69) is 6.58 Å². The Morgan fingerprint density at radius 1 is 1.36 bits per heavy atom. The van der Waals surface area contributed by atoms with Crippen LogP contribution in [0.25, 0.3) is 0 Å². The summed E-state index contributed by atoms with van der Waals surface area (Å²) < 4.78 is 10.6. The van der Waals surface area contributed by atoms with Crippen LogP contribution in [0.4, 0.5) is 0 Å². The fourth-order valence-corrected chi connectivity index (χ4v) is 1.17. The van der Waals surface area contributed by atoms with E-state index in [-0.39, 0.29) is 18.4 Å². The van der Waals surface area contributed by atoms with Gasteiger partial charge in [-0.3, -0.25) is 4.74 Å². The third-order valence-electron chi connectivity index (χ3n) is 1.54. The van der Waals surface area contributed by atoms with Crippen LogP contribution >= 0.6 is 23.2 Å². The number of ether oxygens (including phenoxy) is 2. The highest BCUT2D eigenvalue weighted by Crippen LogP contribution is 2.35. The second kappa shape index (κ2) is 4.79. The highest BCUT2D eigenvalue weighted by molar-refractivity contribution is 6.18. The fraction of sp³-hybridized carbons (Fsp3) is 0.750. The number of alkyl halides is 2. The molecule has 0 aromatic carbocycles. The lowest BCUT2D eigenvalue weighted by Gasteiger charge is -2.23. The lowest BCUT2D eigenvalue weighted by atomic mass is 10.4. The average molecular weight is 243 g/mol. The van der Waals surface area contributed by atoms with Crippen LogP contribution in [0.1, 0.15) is 6.92 Å². The largest absolute Gasteiger partial charge is 0.328 e. The van der Waals surface area contributed by atoms with E-state index in [4.69, 9.17) is 42.5 Å². The van der Waals surface area contributed by atoms with Crippen LogP contribution in [0.5, 0.6) is 0 Å². The summed E-state index contributed by atoms with van der Waals surface area (Å²) in [6.45, 7) is 5.37. The third kappa shape index (κ3) is 2.59. The molecule has 0 aromatic rings. The normalized spacial score (nSPS) is 37.4. The molecule has 1 aliphatic heterocycles. The first-order valence-electron chi connectivity index (χ1n) is 4.03. The van der Waals surface area contributed by atoms with Crippen LogP contribution in [0.3, 0.4) is 0 Å². The van der Waals surface area contributed by atoms with E-state index in [0.29, 0.717) is 0 Å². The summed E-state index contributed by atoms with van der Waals surface area (Å²) in [6, 6.07) is 0. The maximum atomic E-state index is 5.65. The molecule has 4 nitrogen and oxygen atoms in total. The molecule has 0 amide bonds. The number of hydrogen-bond donors (Lipinski definition) is 0. The summed E-state index contributed by atoms with van der Waals surface area (Å²) in [6.07, 6.45) is 1.55. The van der Waals surface area contributed by atoms with Crippen molar-refractivity contribution in [2.75, 3.05) is 18.4 Å². The van der Waals surface area contributed by atoms with Gasteiger partial charge >= 0.3 is 5.97 Å². The molecule has 1 rings (SSSR count). The summed E-state index contributed by atoms with van der Waals surface area (Å²) in [5.74, 6) is -2.33. The Balaban J connectivity index is 2.60. The van der Waals surface area contributed by atoms with Crippen molar-refractivity contribution < 1.29 is 19.2 Å². The van der Waals surface area contributed by atoms with Gasteiger partial charge in [-0.05, 0) is 6.92 Å². The molecule has 82 valence electrons. The molecule has 2 atom stereocenters. The summed E-state index contributed by atoms with van der Waals surface area (Å²) >= 11 is 11.3. The molecule has 1 fully saturated rings. The van der Waals surface area contributed by atoms with Gasteiger partial charge in [-0.15, -0.1) is 29.8 Å². The minimum Gasteiger partial charge on any atom is -0.320 e. The van der Waals surface area contributed by atoms with E-state index in [1.54, 1.807) is 13.0 Å². The molecule has 14 heavy (non-hydrogen) atoms. The first kappa shape index (κ1) is 12.2. The smallest absolute Gasteiger partial charge is 0.320 e. The first-order valence-corrected chi connectivity index (χ1v) is 5.10. The molecule has 1 heterocycles. The molecular weight excluding hydrogens is 231 g/mol. The van der Waals surface area contributed by atoms with E-state index in [1.165, 1.54) is 0 Å². The Labute approximate surface area is 92.6 Å². The summed E-state index contributed by atoms with van der Waals surface area (Å²) in [4.78, 5) is 9.79. The predicted octanol–water partition coefficient (Wildman–Crippen LogP) is 2.02. The molecule has 0 N–H and O–H groups in total. The zero-order valence-corrected chi connectivity index (χ0v) is 9.31. The number of hydrogen-bond acceptors (Lipinski definition) is 4. The van der Waals surface area contributed by atoms with Crippen molar-refractivity contribution in [3.63, 3.8) is 0 Å². The van der Waals surface area contributed by atoms with Crippen molar-refractivity contribution in [2.45, 2.75) is 18.7 Å². The Bertz CT molecular complexity index is 214. The highest BCUT2D eigenvalue weighted by atomic mass is 35.5. The monoisotopic (exact) mass is 242 g/mol. The van der Waals surface area contributed by atoms with E-state index < -0.39 is 11.8 Å². The Hall–Kier alpha value is 0.160. The van der Waals surface area contributed by atoms with Gasteiger partial charge in [-0.1, -0.05) is 6.08 Å². The van der Waals surface area contributed by atoms with Gasteiger partial charge in [0.05, 0.1) is 12.5 Å². The minimum atomic E-state index is -1.39. The Morgan fingerprint density at radius 3 is 2.50 bits per heavy atom. The predicted molar refractivity (Wildman–Crippen MR) is 52.0 cm³/mol. The van der Waals surface area contributed by atoms with Crippen LogP contribution in [-0.2, 0) is 19.2 Å². The molecule has 0 aromatic heterocycles. The first-order chi connectivity index (χ1) is 6.60. The second-order valence-electron chi connectivity index (χ2n) is 2.95. The highest BCUT2D eigenvalue weighted by Gasteiger charge is 2.51. The number of halogens is 2. The Morgan fingerprint density at radius 2 is 2.07 bits per heavy atom. The summed E-state index contributed by atoms with van der Waals surface area (Å²) in [7, 11) is 0. The van der Waals surface area contributed by atoms with Crippen LogP contribution < -0.4 is 0 Å². The van der Waals surface area contributed by atoms with Gasteiger partial charge in [0.2, 0.25) is 5.79 Å². The zero-order valence-electron chi connectivity index (χ0n) is 7.79. The molecule has 6 heteroatoms. The molecule has 0 saturated carbocycles. The lowest BCUT2D eigenvalue weighted by Crippen LogP contribution is -2.40. The fourth-order valence-electron chi connectivity index (χ4n) is 0.892. The molecule has 0 unspecified atom stereocenters. The van der Waals surface area contributed by atoms with Gasteiger partial charge in [-0.25, -0.2) is 0 Å². The van der Waals surface area contributed by atoms with Gasteiger partial charge < -0.3 is 4.74 Å². The van der Waals surface area contributed by atoms with E-state index >= 15 is 0 Å². The van der Waals surface area contributed by atoms with Gasteiger partial charge in [0.25, 0.3) is 0 Å². The third-order valence-corrected chi connectivity index (χ3v) is 2.36. The zero-order chi connectivity index (χ0) is 10.7. The van der Waals surface area contributed by atoms with E-state index in [1.807, 2.05) is 0 Å². The maximum absolute atomic E-state index is 5.65. The van der Waals surface area contributed by atoms with Gasteiger partial charge in [0, 0.05) is 0 Å². The molecule has 0 spiro atoms. The molecule has 1 aliphatic rings. The average Bonchev–Trinajstić information content (AvgIpc) is 2.55. The topological polar surface area (TPSA) is 36.9 Å². The molecule has 0 bridgehead atoms. The molecule has 0 aliphatic carbocycles. The van der Waals surface area contributed by atoms with Gasteiger partial charge in [0.15, 0.2) is 0 Å². The molecule has 1 saturated heterocycles. The SMILES string of the molecule is C=CCO[C@@]1(CCl)OO[C@@](C)(CCl)O1. The van der Waals surface area contributed by atoms with Crippen molar-refractivity contribution in [3.05, 3.63) is 12.7 Å². The standard InChI is InChI=1S/C8H12Cl2O4/c1-3-4-11-8(6-10)12-7(2,5-9)13-14-8/h3H,1,4-6H2,2H3/t7-,8+/m0/s1. The quantitative estimate of drug-likeness (QED) is 0.420. The van der Waals surface area contributed by atoms with Crippen LogP contribution in [-0.4, -0.2) is 30.1 Å². The van der Waals surface area contributed by atoms with E-state index in [0.717, 1.165) is 0 Å². The number of rotatable bonds is 5. The van der Waals surface area contributed by atoms with Crippen LogP contribution in [0.2, 0.25) is 0 Å². The van der Waals surface area contributed by atoms with Crippen molar-refractivity contribution in [1.82, 2.24) is 0 Å². The second-order valence-corrected chi connectivity index (χ2v) is 3.49. The van der Waals surface area contributed by atoms with E-state index in [9.17, 15) is 0 Å².